The highest BCUT2D eigenvalue weighted by atomic mass is 16.6. The molecule has 8 heteroatoms. The molecule has 0 unspecified atom stereocenters. The van der Waals surface area contributed by atoms with E-state index >= 15 is 0 Å². The zero-order chi connectivity index (χ0) is 16.8. The minimum Gasteiger partial charge on any atom is -0.395 e. The molecular weight excluding hydrogens is 302 g/mol. The van der Waals surface area contributed by atoms with Crippen LogP contribution < -0.4 is 10.6 Å². The first-order valence-electron chi connectivity index (χ1n) is 6.91. The molecule has 0 spiro atoms. The summed E-state index contributed by atoms with van der Waals surface area (Å²) in [6.45, 7) is 2.52. The Bertz CT molecular complexity index is 738. The molecule has 1 aromatic heterocycles. The van der Waals surface area contributed by atoms with Crippen LogP contribution in [-0.2, 0) is 6.54 Å². The maximum atomic E-state index is 11.9. The molecule has 0 saturated carbocycles. The van der Waals surface area contributed by atoms with Crippen molar-refractivity contribution in [1.82, 2.24) is 10.6 Å². The molecule has 1 heterocycles. The van der Waals surface area contributed by atoms with Gasteiger partial charge >= 0.3 is 5.88 Å². The van der Waals surface area contributed by atoms with Gasteiger partial charge < -0.3 is 15.1 Å². The number of hydrogen-bond acceptors (Lipinski definition) is 5. The third-order valence-corrected chi connectivity index (χ3v) is 2.98. The number of benzene rings is 1. The molecule has 0 radical (unpaired) electrons. The van der Waals surface area contributed by atoms with Crippen LogP contribution in [0.3, 0.4) is 0 Å². The molecule has 0 aliphatic heterocycles. The van der Waals surface area contributed by atoms with Crippen LogP contribution in [0, 0.1) is 10.1 Å². The average Bonchev–Trinajstić information content (AvgIpc) is 3.03. The second kappa shape index (κ2) is 7.21. The third kappa shape index (κ3) is 4.16. The molecule has 2 amide bonds. The van der Waals surface area contributed by atoms with Gasteiger partial charge in [-0.25, -0.2) is 0 Å². The number of furan rings is 1. The Balaban J connectivity index is 1.99. The van der Waals surface area contributed by atoms with Crippen LogP contribution in [0.15, 0.2) is 40.8 Å². The van der Waals surface area contributed by atoms with E-state index in [9.17, 15) is 19.7 Å². The van der Waals surface area contributed by atoms with Crippen LogP contribution in [0.4, 0.5) is 5.88 Å². The van der Waals surface area contributed by atoms with Crippen molar-refractivity contribution in [3.63, 3.8) is 0 Å². The summed E-state index contributed by atoms with van der Waals surface area (Å²) in [7, 11) is 0. The first-order valence-corrected chi connectivity index (χ1v) is 6.91. The third-order valence-electron chi connectivity index (χ3n) is 2.98. The van der Waals surface area contributed by atoms with Crippen molar-refractivity contribution in [2.45, 2.75) is 13.5 Å². The lowest BCUT2D eigenvalue weighted by atomic mass is 10.1. The number of nitrogens with one attached hydrogen (secondary N) is 2. The lowest BCUT2D eigenvalue weighted by molar-refractivity contribution is -0.402. The number of nitrogens with zero attached hydrogens (tertiary/aromatic N) is 1. The number of hydrogen-bond donors (Lipinski definition) is 2. The normalized spacial score (nSPS) is 10.1. The highest BCUT2D eigenvalue weighted by Crippen LogP contribution is 2.15. The lowest BCUT2D eigenvalue weighted by Crippen LogP contribution is -2.24. The monoisotopic (exact) mass is 317 g/mol. The number of carbonyl (C=O) groups excluding carboxylic acids is 2. The lowest BCUT2D eigenvalue weighted by Gasteiger charge is -2.06. The topological polar surface area (TPSA) is 114 Å². The Morgan fingerprint density at radius 2 is 1.96 bits per heavy atom. The minimum atomic E-state index is -0.716. The van der Waals surface area contributed by atoms with E-state index in [2.05, 4.69) is 10.6 Å². The van der Waals surface area contributed by atoms with Gasteiger partial charge in [0, 0.05) is 18.7 Å². The van der Waals surface area contributed by atoms with Crippen molar-refractivity contribution in [3.8, 4) is 0 Å². The van der Waals surface area contributed by atoms with Gasteiger partial charge in [-0.1, -0.05) is 12.1 Å². The van der Waals surface area contributed by atoms with Crippen molar-refractivity contribution < 1.29 is 18.9 Å². The largest absolute Gasteiger partial charge is 0.433 e. The van der Waals surface area contributed by atoms with Gasteiger partial charge in [0.15, 0.2) is 5.76 Å². The fourth-order valence-corrected chi connectivity index (χ4v) is 1.90. The van der Waals surface area contributed by atoms with E-state index < -0.39 is 16.7 Å². The Hall–Kier alpha value is -3.16. The molecule has 120 valence electrons. The van der Waals surface area contributed by atoms with Crippen molar-refractivity contribution in [3.05, 3.63) is 63.4 Å². The summed E-state index contributed by atoms with van der Waals surface area (Å²) >= 11 is 0. The van der Waals surface area contributed by atoms with Crippen LogP contribution in [0.1, 0.15) is 33.4 Å². The zero-order valence-corrected chi connectivity index (χ0v) is 12.4. The standard InChI is InChI=1S/C15H15N3O5/c1-2-16-14(19)11-5-3-4-10(8-11)9-17-15(20)12-6-7-13(23-12)18(21)22/h3-8H,2,9H2,1H3,(H,16,19)(H,17,20). The van der Waals surface area contributed by atoms with Crippen LogP contribution in [0.2, 0.25) is 0 Å². The second-order valence-corrected chi connectivity index (χ2v) is 4.64. The first kappa shape index (κ1) is 16.2. The van der Waals surface area contributed by atoms with Gasteiger partial charge in [-0.3, -0.25) is 19.7 Å². The molecule has 2 rings (SSSR count). The molecule has 0 aliphatic rings. The molecule has 1 aromatic carbocycles. The van der Waals surface area contributed by atoms with E-state index in [4.69, 9.17) is 4.42 Å². The molecule has 8 nitrogen and oxygen atoms in total. The van der Waals surface area contributed by atoms with Crippen LogP contribution in [-0.4, -0.2) is 23.3 Å². The van der Waals surface area contributed by atoms with Crippen molar-refractivity contribution >= 4 is 17.7 Å². The summed E-state index contributed by atoms with van der Waals surface area (Å²) in [5.74, 6) is -1.39. The molecule has 0 bridgehead atoms. The Morgan fingerprint density at radius 1 is 1.17 bits per heavy atom. The van der Waals surface area contributed by atoms with Crippen molar-refractivity contribution in [2.24, 2.45) is 0 Å². The Morgan fingerprint density at radius 3 is 2.61 bits per heavy atom. The molecule has 0 aliphatic carbocycles. The average molecular weight is 317 g/mol. The van der Waals surface area contributed by atoms with Crippen LogP contribution in [0.25, 0.3) is 0 Å². The number of rotatable bonds is 6. The predicted molar refractivity (Wildman–Crippen MR) is 81.0 cm³/mol. The quantitative estimate of drug-likeness (QED) is 0.623. The van der Waals surface area contributed by atoms with E-state index in [1.165, 1.54) is 6.07 Å². The van der Waals surface area contributed by atoms with Gasteiger partial charge in [-0.15, -0.1) is 0 Å². The maximum Gasteiger partial charge on any atom is 0.433 e. The van der Waals surface area contributed by atoms with Gasteiger partial charge in [-0.2, -0.15) is 0 Å². The molecule has 0 saturated heterocycles. The van der Waals surface area contributed by atoms with E-state index in [1.54, 1.807) is 24.3 Å². The fraction of sp³-hybridized carbons (Fsp3) is 0.200. The van der Waals surface area contributed by atoms with Gasteiger partial charge in [-0.05, 0) is 30.7 Å². The highest BCUT2D eigenvalue weighted by molar-refractivity contribution is 5.94. The highest BCUT2D eigenvalue weighted by Gasteiger charge is 2.17. The molecule has 2 aromatic rings. The minimum absolute atomic E-state index is 0.142. The number of amides is 2. The summed E-state index contributed by atoms with van der Waals surface area (Å²) in [4.78, 5) is 33.4. The number of nitro groups is 1. The van der Waals surface area contributed by atoms with E-state index in [0.29, 0.717) is 12.1 Å². The Kier molecular flexibility index (Phi) is 5.08. The van der Waals surface area contributed by atoms with E-state index in [-0.39, 0.29) is 18.2 Å². The summed E-state index contributed by atoms with van der Waals surface area (Å²) in [5, 5.41) is 15.8. The van der Waals surface area contributed by atoms with Gasteiger partial charge in [0.25, 0.3) is 11.8 Å². The van der Waals surface area contributed by atoms with Crippen LogP contribution in [0.5, 0.6) is 0 Å². The molecular formula is C15H15N3O5. The fourth-order valence-electron chi connectivity index (χ4n) is 1.90. The summed E-state index contributed by atoms with van der Waals surface area (Å²) in [6, 6.07) is 9.16. The maximum absolute atomic E-state index is 11.9. The molecule has 2 N–H and O–H groups in total. The van der Waals surface area contributed by atoms with Crippen molar-refractivity contribution in [1.29, 1.82) is 0 Å². The molecule has 0 fully saturated rings. The second-order valence-electron chi connectivity index (χ2n) is 4.64. The van der Waals surface area contributed by atoms with E-state index in [0.717, 1.165) is 11.6 Å². The van der Waals surface area contributed by atoms with Gasteiger partial charge in [0.2, 0.25) is 0 Å². The first-order chi connectivity index (χ1) is 11.0. The predicted octanol–water partition coefficient (Wildman–Crippen LogP) is 1.87. The summed E-state index contributed by atoms with van der Waals surface area (Å²) in [6.07, 6.45) is 0. The SMILES string of the molecule is CCNC(=O)c1cccc(CNC(=O)c2ccc([N+](=O)[O-])o2)c1. The zero-order valence-electron chi connectivity index (χ0n) is 12.4. The van der Waals surface area contributed by atoms with Crippen LogP contribution >= 0.6 is 0 Å². The summed E-state index contributed by atoms with van der Waals surface area (Å²) in [5.41, 5.74) is 1.22. The Labute approximate surface area is 131 Å². The van der Waals surface area contributed by atoms with E-state index in [1.807, 2.05) is 6.92 Å². The van der Waals surface area contributed by atoms with Gasteiger partial charge in [0.05, 0.1) is 6.07 Å². The molecule has 0 atom stereocenters. The van der Waals surface area contributed by atoms with Crippen molar-refractivity contribution in [2.75, 3.05) is 6.54 Å². The smallest absolute Gasteiger partial charge is 0.395 e. The van der Waals surface area contributed by atoms with Gasteiger partial charge in [0.1, 0.15) is 4.92 Å². The number of carbonyl (C=O) groups is 2. The summed E-state index contributed by atoms with van der Waals surface area (Å²) < 4.78 is 4.81. The molecule has 23 heavy (non-hydrogen) atoms.